The minimum atomic E-state index is -0.493. The molecule has 0 aromatic heterocycles. The molecule has 0 atom stereocenters. The molecular formula is C15H21N3O4. The molecule has 0 heterocycles. The van der Waals surface area contributed by atoms with Gasteiger partial charge in [0.1, 0.15) is 6.54 Å². The van der Waals surface area contributed by atoms with Crippen LogP contribution in [0.1, 0.15) is 12.0 Å². The van der Waals surface area contributed by atoms with Gasteiger partial charge in [-0.15, -0.1) is 0 Å². The molecule has 0 bridgehead atoms. The van der Waals surface area contributed by atoms with Gasteiger partial charge in [-0.3, -0.25) is 14.4 Å². The van der Waals surface area contributed by atoms with Crippen LogP contribution in [0.4, 0.5) is 5.69 Å². The lowest BCUT2D eigenvalue weighted by Gasteiger charge is -2.07. The maximum absolute atomic E-state index is 11.6. The molecule has 0 aliphatic carbocycles. The summed E-state index contributed by atoms with van der Waals surface area (Å²) >= 11 is 0. The maximum Gasteiger partial charge on any atom is 0.325 e. The number of nitrogens with one attached hydrogen (secondary N) is 3. The fourth-order valence-corrected chi connectivity index (χ4v) is 1.66. The van der Waals surface area contributed by atoms with Gasteiger partial charge in [0.15, 0.2) is 0 Å². The van der Waals surface area contributed by atoms with Crippen molar-refractivity contribution >= 4 is 23.5 Å². The molecule has 3 N–H and O–H groups in total. The highest BCUT2D eigenvalue weighted by Gasteiger charge is 2.07. The number of amides is 2. The second-order valence-electron chi connectivity index (χ2n) is 4.63. The molecule has 0 saturated heterocycles. The van der Waals surface area contributed by atoms with Crippen molar-refractivity contribution in [1.82, 2.24) is 10.6 Å². The molecule has 1 aromatic rings. The van der Waals surface area contributed by atoms with Crippen LogP contribution < -0.4 is 16.0 Å². The molecule has 2 amide bonds. The second-order valence-corrected chi connectivity index (χ2v) is 4.63. The third kappa shape index (κ3) is 6.85. The van der Waals surface area contributed by atoms with Crippen LogP contribution >= 0.6 is 0 Å². The lowest BCUT2D eigenvalue weighted by atomic mass is 10.1. The van der Waals surface area contributed by atoms with Crippen LogP contribution in [0.25, 0.3) is 0 Å². The van der Waals surface area contributed by atoms with Crippen molar-refractivity contribution in [3.63, 3.8) is 0 Å². The van der Waals surface area contributed by atoms with Crippen molar-refractivity contribution in [2.75, 3.05) is 32.6 Å². The van der Waals surface area contributed by atoms with Gasteiger partial charge in [0.25, 0.3) is 0 Å². The summed E-state index contributed by atoms with van der Waals surface area (Å²) in [6.45, 7) is 0.471. The van der Waals surface area contributed by atoms with E-state index < -0.39 is 5.97 Å². The minimum absolute atomic E-state index is 0.0714. The van der Waals surface area contributed by atoms with E-state index >= 15 is 0 Å². The third-order valence-electron chi connectivity index (χ3n) is 2.86. The number of rotatable bonds is 8. The SMILES string of the molecule is CNCCC(=O)Nc1ccc(CC(=O)NCC(=O)OC)cc1. The van der Waals surface area contributed by atoms with Crippen LogP contribution in [-0.4, -0.2) is 45.0 Å². The van der Waals surface area contributed by atoms with Gasteiger partial charge >= 0.3 is 5.97 Å². The van der Waals surface area contributed by atoms with Crippen LogP contribution in [0.15, 0.2) is 24.3 Å². The third-order valence-corrected chi connectivity index (χ3v) is 2.86. The largest absolute Gasteiger partial charge is 0.468 e. The summed E-state index contributed by atoms with van der Waals surface area (Å²) in [6, 6.07) is 6.98. The zero-order chi connectivity index (χ0) is 16.4. The summed E-state index contributed by atoms with van der Waals surface area (Å²) in [5.74, 6) is -0.831. The number of ether oxygens (including phenoxy) is 1. The van der Waals surface area contributed by atoms with E-state index in [4.69, 9.17) is 0 Å². The van der Waals surface area contributed by atoms with E-state index in [1.54, 1.807) is 31.3 Å². The van der Waals surface area contributed by atoms with E-state index in [9.17, 15) is 14.4 Å². The van der Waals surface area contributed by atoms with E-state index in [0.717, 1.165) is 5.56 Å². The van der Waals surface area contributed by atoms with Gasteiger partial charge < -0.3 is 20.7 Å². The van der Waals surface area contributed by atoms with Crippen molar-refractivity contribution in [1.29, 1.82) is 0 Å². The predicted octanol–water partition coefficient (Wildman–Crippen LogP) is 0.0663. The minimum Gasteiger partial charge on any atom is -0.468 e. The van der Waals surface area contributed by atoms with Gasteiger partial charge in [-0.25, -0.2) is 0 Å². The topological polar surface area (TPSA) is 96.5 Å². The Kier molecular flexibility index (Phi) is 7.63. The predicted molar refractivity (Wildman–Crippen MR) is 82.3 cm³/mol. The van der Waals surface area contributed by atoms with E-state index in [1.807, 2.05) is 0 Å². The Balaban J connectivity index is 2.42. The molecular weight excluding hydrogens is 286 g/mol. The van der Waals surface area contributed by atoms with Crippen LogP contribution in [0.3, 0.4) is 0 Å². The first-order valence-electron chi connectivity index (χ1n) is 6.92. The molecule has 0 fully saturated rings. The van der Waals surface area contributed by atoms with Crippen molar-refractivity contribution in [3.05, 3.63) is 29.8 Å². The fraction of sp³-hybridized carbons (Fsp3) is 0.400. The highest BCUT2D eigenvalue weighted by molar-refractivity contribution is 5.91. The Morgan fingerprint density at radius 3 is 2.36 bits per heavy atom. The van der Waals surface area contributed by atoms with Gasteiger partial charge in [0.05, 0.1) is 13.5 Å². The molecule has 0 aliphatic rings. The summed E-state index contributed by atoms with van der Waals surface area (Å²) in [6.07, 6.45) is 0.555. The standard InChI is InChI=1S/C15H21N3O4/c1-16-8-7-13(19)18-12-5-3-11(4-6-12)9-14(20)17-10-15(21)22-2/h3-6,16H,7-10H2,1-2H3,(H,17,20)(H,18,19). The second kappa shape index (κ2) is 9.51. The highest BCUT2D eigenvalue weighted by atomic mass is 16.5. The first kappa shape index (κ1) is 17.6. The lowest BCUT2D eigenvalue weighted by Crippen LogP contribution is -2.31. The average molecular weight is 307 g/mol. The van der Waals surface area contributed by atoms with Gasteiger partial charge in [-0.1, -0.05) is 12.1 Å². The number of hydrogen-bond acceptors (Lipinski definition) is 5. The molecule has 0 saturated carbocycles. The van der Waals surface area contributed by atoms with E-state index in [2.05, 4.69) is 20.7 Å². The van der Waals surface area contributed by atoms with Crippen LogP contribution in [0.5, 0.6) is 0 Å². The first-order valence-corrected chi connectivity index (χ1v) is 6.92. The van der Waals surface area contributed by atoms with Crippen LogP contribution in [-0.2, 0) is 25.5 Å². The summed E-state index contributed by atoms with van der Waals surface area (Å²) in [5, 5.41) is 8.13. The van der Waals surface area contributed by atoms with E-state index in [0.29, 0.717) is 18.7 Å². The average Bonchev–Trinajstić information content (AvgIpc) is 2.52. The normalized spacial score (nSPS) is 9.91. The molecule has 0 radical (unpaired) electrons. The summed E-state index contributed by atoms with van der Waals surface area (Å²) < 4.78 is 4.43. The number of anilines is 1. The fourth-order valence-electron chi connectivity index (χ4n) is 1.66. The molecule has 7 nitrogen and oxygen atoms in total. The van der Waals surface area contributed by atoms with Crippen molar-refractivity contribution in [2.45, 2.75) is 12.8 Å². The zero-order valence-corrected chi connectivity index (χ0v) is 12.8. The number of esters is 1. The van der Waals surface area contributed by atoms with Crippen LogP contribution in [0.2, 0.25) is 0 Å². The molecule has 0 aliphatic heterocycles. The molecule has 0 spiro atoms. The zero-order valence-electron chi connectivity index (χ0n) is 12.8. The Morgan fingerprint density at radius 1 is 1.09 bits per heavy atom. The number of carbonyl (C=O) groups is 3. The number of carbonyl (C=O) groups excluding carboxylic acids is 3. The van der Waals surface area contributed by atoms with Crippen molar-refractivity contribution < 1.29 is 19.1 Å². The lowest BCUT2D eigenvalue weighted by molar-refractivity contribution is -0.141. The van der Waals surface area contributed by atoms with E-state index in [-0.39, 0.29) is 24.8 Å². The molecule has 0 unspecified atom stereocenters. The van der Waals surface area contributed by atoms with Gasteiger partial charge in [-0.05, 0) is 24.7 Å². The van der Waals surface area contributed by atoms with E-state index in [1.165, 1.54) is 7.11 Å². The Morgan fingerprint density at radius 2 is 1.77 bits per heavy atom. The molecule has 120 valence electrons. The first-order chi connectivity index (χ1) is 10.5. The summed E-state index contributed by atoms with van der Waals surface area (Å²) in [5.41, 5.74) is 1.47. The Labute approximate surface area is 129 Å². The molecule has 7 heteroatoms. The summed E-state index contributed by atoms with van der Waals surface area (Å²) in [7, 11) is 3.05. The number of methoxy groups -OCH3 is 1. The van der Waals surface area contributed by atoms with Crippen molar-refractivity contribution in [2.24, 2.45) is 0 Å². The quantitative estimate of drug-likeness (QED) is 0.590. The summed E-state index contributed by atoms with van der Waals surface area (Å²) in [4.78, 5) is 34.1. The van der Waals surface area contributed by atoms with Gasteiger partial charge in [-0.2, -0.15) is 0 Å². The highest BCUT2D eigenvalue weighted by Crippen LogP contribution is 2.10. The van der Waals surface area contributed by atoms with Gasteiger partial charge in [0, 0.05) is 18.7 Å². The monoisotopic (exact) mass is 307 g/mol. The molecule has 22 heavy (non-hydrogen) atoms. The Bertz CT molecular complexity index is 514. The maximum atomic E-state index is 11.6. The van der Waals surface area contributed by atoms with Gasteiger partial charge in [0.2, 0.25) is 11.8 Å². The number of benzene rings is 1. The molecule has 1 aromatic carbocycles. The van der Waals surface area contributed by atoms with Crippen LogP contribution in [0, 0.1) is 0 Å². The molecule has 1 rings (SSSR count). The Hall–Kier alpha value is -2.41. The van der Waals surface area contributed by atoms with Crippen molar-refractivity contribution in [3.8, 4) is 0 Å². The number of hydrogen-bond donors (Lipinski definition) is 3. The smallest absolute Gasteiger partial charge is 0.325 e.